The number of hydrogen-bond donors (Lipinski definition) is 2. The van der Waals surface area contributed by atoms with E-state index in [-0.39, 0.29) is 6.03 Å². The Kier molecular flexibility index (Phi) is 4.98. The summed E-state index contributed by atoms with van der Waals surface area (Å²) in [6.45, 7) is 0. The van der Waals surface area contributed by atoms with Crippen LogP contribution in [0.25, 0.3) is 6.08 Å². The second-order valence-electron chi connectivity index (χ2n) is 5.27. The molecule has 1 fully saturated rings. The van der Waals surface area contributed by atoms with E-state index in [1.54, 1.807) is 29.2 Å². The molecule has 1 aliphatic carbocycles. The van der Waals surface area contributed by atoms with Gasteiger partial charge in [-0.1, -0.05) is 25.0 Å². The Bertz CT molecular complexity index is 531. The molecular formula is C16H20N2O3. The van der Waals surface area contributed by atoms with E-state index >= 15 is 0 Å². The average molecular weight is 288 g/mol. The summed E-state index contributed by atoms with van der Waals surface area (Å²) in [5.74, 6) is -0.981. The zero-order valence-corrected chi connectivity index (χ0v) is 12.1. The van der Waals surface area contributed by atoms with Gasteiger partial charge in [0.2, 0.25) is 0 Å². The summed E-state index contributed by atoms with van der Waals surface area (Å²) in [6, 6.07) is 7.30. The van der Waals surface area contributed by atoms with Crippen molar-refractivity contribution in [2.45, 2.75) is 31.7 Å². The van der Waals surface area contributed by atoms with Crippen LogP contribution in [0.2, 0.25) is 0 Å². The van der Waals surface area contributed by atoms with Gasteiger partial charge in [0.25, 0.3) is 0 Å². The van der Waals surface area contributed by atoms with Crippen LogP contribution in [0.4, 0.5) is 10.5 Å². The number of carbonyl (C=O) groups is 2. The van der Waals surface area contributed by atoms with Crippen LogP contribution in [0.1, 0.15) is 31.2 Å². The molecule has 2 rings (SSSR count). The van der Waals surface area contributed by atoms with Gasteiger partial charge in [-0.05, 0) is 36.6 Å². The number of benzene rings is 1. The summed E-state index contributed by atoms with van der Waals surface area (Å²) < 4.78 is 0. The number of carboxylic acids is 1. The van der Waals surface area contributed by atoms with Crippen LogP contribution in [0, 0.1) is 0 Å². The molecule has 2 N–H and O–H groups in total. The van der Waals surface area contributed by atoms with Crippen LogP contribution in [-0.2, 0) is 4.79 Å². The number of urea groups is 1. The molecule has 5 heteroatoms. The minimum atomic E-state index is -0.981. The first kappa shape index (κ1) is 15.1. The van der Waals surface area contributed by atoms with E-state index in [0.29, 0.717) is 11.7 Å². The highest BCUT2D eigenvalue weighted by Crippen LogP contribution is 2.23. The van der Waals surface area contributed by atoms with Crippen molar-refractivity contribution in [1.29, 1.82) is 0 Å². The highest BCUT2D eigenvalue weighted by atomic mass is 16.4. The number of hydrogen-bond acceptors (Lipinski definition) is 2. The fraction of sp³-hybridized carbons (Fsp3) is 0.375. The van der Waals surface area contributed by atoms with Crippen LogP contribution in [0.5, 0.6) is 0 Å². The highest BCUT2D eigenvalue weighted by molar-refractivity contribution is 5.89. The standard InChI is InChI=1S/C16H20N2O3/c1-18(14-4-2-3-5-14)16(21)17-13-9-6-12(7-10-13)8-11-15(19)20/h6-11,14H,2-5H2,1H3,(H,17,21)(H,19,20). The average Bonchev–Trinajstić information content (AvgIpc) is 2.99. The lowest BCUT2D eigenvalue weighted by Gasteiger charge is -2.24. The van der Waals surface area contributed by atoms with E-state index in [1.807, 2.05) is 7.05 Å². The molecule has 1 saturated carbocycles. The predicted molar refractivity (Wildman–Crippen MR) is 82.1 cm³/mol. The van der Waals surface area contributed by atoms with Crippen LogP contribution >= 0.6 is 0 Å². The van der Waals surface area contributed by atoms with Crippen molar-refractivity contribution in [3.63, 3.8) is 0 Å². The smallest absolute Gasteiger partial charge is 0.328 e. The summed E-state index contributed by atoms with van der Waals surface area (Å²) in [5, 5.41) is 11.4. The van der Waals surface area contributed by atoms with Gasteiger partial charge in [0, 0.05) is 24.9 Å². The lowest BCUT2D eigenvalue weighted by atomic mass is 10.2. The fourth-order valence-corrected chi connectivity index (χ4v) is 2.51. The minimum absolute atomic E-state index is 0.101. The van der Waals surface area contributed by atoms with Gasteiger partial charge in [0.15, 0.2) is 0 Å². The van der Waals surface area contributed by atoms with Gasteiger partial charge < -0.3 is 15.3 Å². The predicted octanol–water partition coefficient (Wildman–Crippen LogP) is 3.19. The van der Waals surface area contributed by atoms with Crippen molar-refractivity contribution in [3.05, 3.63) is 35.9 Å². The Balaban J connectivity index is 1.93. The number of carbonyl (C=O) groups excluding carboxylic acids is 1. The van der Waals surface area contributed by atoms with E-state index in [9.17, 15) is 9.59 Å². The molecule has 21 heavy (non-hydrogen) atoms. The van der Waals surface area contributed by atoms with Crippen molar-refractivity contribution in [2.75, 3.05) is 12.4 Å². The Labute approximate surface area is 124 Å². The van der Waals surface area contributed by atoms with Crippen LogP contribution in [0.15, 0.2) is 30.3 Å². The zero-order chi connectivity index (χ0) is 15.2. The van der Waals surface area contributed by atoms with Gasteiger partial charge in [-0.25, -0.2) is 9.59 Å². The topological polar surface area (TPSA) is 69.6 Å². The molecule has 0 heterocycles. The number of amides is 2. The van der Waals surface area contributed by atoms with Crippen LogP contribution in [0.3, 0.4) is 0 Å². The largest absolute Gasteiger partial charge is 0.478 e. The second kappa shape index (κ2) is 6.92. The fourth-order valence-electron chi connectivity index (χ4n) is 2.51. The molecule has 0 aromatic heterocycles. The van der Waals surface area contributed by atoms with Crippen LogP contribution < -0.4 is 5.32 Å². The SMILES string of the molecule is CN(C(=O)Nc1ccc(C=CC(=O)O)cc1)C1CCCC1. The number of aliphatic carboxylic acids is 1. The van der Waals surface area contributed by atoms with Gasteiger partial charge in [0.1, 0.15) is 0 Å². The first-order valence-corrected chi connectivity index (χ1v) is 7.11. The summed E-state index contributed by atoms with van der Waals surface area (Å²) >= 11 is 0. The molecule has 5 nitrogen and oxygen atoms in total. The maximum atomic E-state index is 12.1. The van der Waals surface area contributed by atoms with E-state index in [4.69, 9.17) is 5.11 Å². The molecule has 0 saturated heterocycles. The molecule has 0 radical (unpaired) electrons. The number of rotatable bonds is 4. The molecular weight excluding hydrogens is 268 g/mol. The minimum Gasteiger partial charge on any atom is -0.478 e. The Hall–Kier alpha value is -2.30. The number of nitrogens with one attached hydrogen (secondary N) is 1. The van der Waals surface area contributed by atoms with E-state index < -0.39 is 5.97 Å². The molecule has 0 unspecified atom stereocenters. The zero-order valence-electron chi connectivity index (χ0n) is 12.1. The van der Waals surface area contributed by atoms with Gasteiger partial charge in [-0.2, -0.15) is 0 Å². The lowest BCUT2D eigenvalue weighted by molar-refractivity contribution is -0.131. The first-order chi connectivity index (χ1) is 10.1. The second-order valence-corrected chi connectivity index (χ2v) is 5.27. The van der Waals surface area contributed by atoms with Crippen molar-refractivity contribution in [1.82, 2.24) is 4.90 Å². The monoisotopic (exact) mass is 288 g/mol. The van der Waals surface area contributed by atoms with Gasteiger partial charge in [0.05, 0.1) is 0 Å². The number of carboxylic acid groups (broad SMARTS) is 1. The maximum Gasteiger partial charge on any atom is 0.328 e. The molecule has 1 aliphatic rings. The molecule has 112 valence electrons. The third kappa shape index (κ3) is 4.34. The summed E-state index contributed by atoms with van der Waals surface area (Å²) in [6.07, 6.45) is 7.12. The number of anilines is 1. The normalized spacial score (nSPS) is 15.3. The molecule has 1 aromatic carbocycles. The Morgan fingerprint density at radius 1 is 1.24 bits per heavy atom. The lowest BCUT2D eigenvalue weighted by Crippen LogP contribution is -2.38. The van der Waals surface area contributed by atoms with E-state index in [0.717, 1.165) is 24.5 Å². The van der Waals surface area contributed by atoms with Gasteiger partial charge >= 0.3 is 12.0 Å². The molecule has 0 aliphatic heterocycles. The summed E-state index contributed by atoms with van der Waals surface area (Å²) in [7, 11) is 1.83. The van der Waals surface area contributed by atoms with Gasteiger partial charge in [-0.15, -0.1) is 0 Å². The molecule has 0 atom stereocenters. The molecule has 1 aromatic rings. The van der Waals surface area contributed by atoms with Crippen molar-refractivity contribution >= 4 is 23.8 Å². The van der Waals surface area contributed by atoms with Crippen molar-refractivity contribution in [3.8, 4) is 0 Å². The van der Waals surface area contributed by atoms with Crippen LogP contribution in [-0.4, -0.2) is 35.1 Å². The van der Waals surface area contributed by atoms with Gasteiger partial charge in [-0.3, -0.25) is 0 Å². The molecule has 2 amide bonds. The quantitative estimate of drug-likeness (QED) is 0.836. The van der Waals surface area contributed by atoms with E-state index in [1.165, 1.54) is 18.9 Å². The maximum absolute atomic E-state index is 12.1. The first-order valence-electron chi connectivity index (χ1n) is 7.11. The summed E-state index contributed by atoms with van der Waals surface area (Å²) in [5.41, 5.74) is 1.48. The third-order valence-corrected chi connectivity index (χ3v) is 3.77. The van der Waals surface area contributed by atoms with Crippen molar-refractivity contribution < 1.29 is 14.7 Å². The van der Waals surface area contributed by atoms with E-state index in [2.05, 4.69) is 5.32 Å². The molecule has 0 spiro atoms. The Morgan fingerprint density at radius 3 is 2.43 bits per heavy atom. The molecule has 0 bridgehead atoms. The summed E-state index contributed by atoms with van der Waals surface area (Å²) in [4.78, 5) is 24.3. The third-order valence-electron chi connectivity index (χ3n) is 3.77. The number of nitrogens with zero attached hydrogens (tertiary/aromatic N) is 1. The Morgan fingerprint density at radius 2 is 1.86 bits per heavy atom. The van der Waals surface area contributed by atoms with Crippen molar-refractivity contribution in [2.24, 2.45) is 0 Å². The highest BCUT2D eigenvalue weighted by Gasteiger charge is 2.23.